The van der Waals surface area contributed by atoms with Crippen LogP contribution in [0.25, 0.3) is 11.4 Å². The van der Waals surface area contributed by atoms with E-state index in [0.29, 0.717) is 12.3 Å². The van der Waals surface area contributed by atoms with E-state index in [4.69, 9.17) is 0 Å². The van der Waals surface area contributed by atoms with Crippen molar-refractivity contribution in [3.05, 3.63) is 72.8 Å². The van der Waals surface area contributed by atoms with Crippen LogP contribution in [0.3, 0.4) is 0 Å². The maximum atomic E-state index is 13.3. The number of hydrogen-bond acceptors (Lipinski definition) is 4. The summed E-state index contributed by atoms with van der Waals surface area (Å²) in [7, 11) is 0. The molecule has 0 N–H and O–H groups in total. The number of pyridine rings is 1. The van der Waals surface area contributed by atoms with Crippen LogP contribution in [0.15, 0.2) is 66.6 Å². The van der Waals surface area contributed by atoms with Crippen LogP contribution >= 0.6 is 11.8 Å². The zero-order chi connectivity index (χ0) is 16.1. The van der Waals surface area contributed by atoms with Crippen molar-refractivity contribution in [1.82, 2.24) is 19.7 Å². The predicted molar refractivity (Wildman–Crippen MR) is 89.4 cm³/mol. The molecule has 0 amide bonds. The molecule has 6 heteroatoms. The van der Waals surface area contributed by atoms with E-state index in [9.17, 15) is 4.39 Å². The first-order valence-corrected chi connectivity index (χ1v) is 8.08. The van der Waals surface area contributed by atoms with Gasteiger partial charge in [-0.3, -0.25) is 9.55 Å². The van der Waals surface area contributed by atoms with Crippen molar-refractivity contribution in [3.63, 3.8) is 0 Å². The number of nitrogens with zero attached hydrogens (tertiary/aromatic N) is 4. The molecule has 0 fully saturated rings. The van der Waals surface area contributed by atoms with Crippen molar-refractivity contribution in [3.8, 4) is 11.4 Å². The van der Waals surface area contributed by atoms with Crippen molar-refractivity contribution in [2.24, 2.45) is 0 Å². The molecule has 3 rings (SSSR count). The van der Waals surface area contributed by atoms with Gasteiger partial charge in [0.25, 0.3) is 0 Å². The van der Waals surface area contributed by atoms with E-state index in [-0.39, 0.29) is 5.82 Å². The van der Waals surface area contributed by atoms with E-state index in [1.54, 1.807) is 24.5 Å². The Morgan fingerprint density at radius 2 is 2.00 bits per heavy atom. The third kappa shape index (κ3) is 3.65. The minimum absolute atomic E-state index is 0.229. The molecule has 0 aliphatic heterocycles. The topological polar surface area (TPSA) is 43.6 Å². The quantitative estimate of drug-likeness (QED) is 0.508. The van der Waals surface area contributed by atoms with Crippen molar-refractivity contribution >= 4 is 11.8 Å². The van der Waals surface area contributed by atoms with E-state index in [2.05, 4.69) is 21.8 Å². The lowest BCUT2D eigenvalue weighted by Gasteiger charge is -2.07. The minimum atomic E-state index is -0.229. The molecule has 0 aliphatic carbocycles. The number of hydrogen-bond donors (Lipinski definition) is 0. The van der Waals surface area contributed by atoms with Gasteiger partial charge < -0.3 is 0 Å². The van der Waals surface area contributed by atoms with E-state index in [1.165, 1.54) is 23.9 Å². The van der Waals surface area contributed by atoms with E-state index < -0.39 is 0 Å². The fraction of sp³-hybridized carbons (Fsp3) is 0.118. The molecule has 23 heavy (non-hydrogen) atoms. The Morgan fingerprint density at radius 1 is 1.17 bits per heavy atom. The van der Waals surface area contributed by atoms with Crippen molar-refractivity contribution in [2.75, 3.05) is 0 Å². The van der Waals surface area contributed by atoms with Gasteiger partial charge in [0.2, 0.25) is 0 Å². The van der Waals surface area contributed by atoms with Crippen LogP contribution in [0.4, 0.5) is 4.39 Å². The second-order valence-corrected chi connectivity index (χ2v) is 5.80. The first-order chi connectivity index (χ1) is 11.3. The molecule has 0 bridgehead atoms. The standard InChI is InChI=1S/C17H15FN4S/c1-2-10-22-16(14-6-8-19-9-7-14)20-21-17(22)23-12-13-4-3-5-15(18)11-13/h2-9,11H,1,10,12H2. The molecule has 0 spiro atoms. The summed E-state index contributed by atoms with van der Waals surface area (Å²) >= 11 is 1.52. The van der Waals surface area contributed by atoms with Crippen LogP contribution < -0.4 is 0 Å². The number of aromatic nitrogens is 4. The summed E-state index contributed by atoms with van der Waals surface area (Å²) in [4.78, 5) is 4.02. The normalized spacial score (nSPS) is 10.7. The molecule has 116 valence electrons. The lowest BCUT2D eigenvalue weighted by molar-refractivity contribution is 0.626. The molecule has 0 aliphatic rings. The highest BCUT2D eigenvalue weighted by atomic mass is 32.2. The highest BCUT2D eigenvalue weighted by molar-refractivity contribution is 7.98. The molecule has 0 atom stereocenters. The molecule has 4 nitrogen and oxygen atoms in total. The first-order valence-electron chi connectivity index (χ1n) is 7.09. The van der Waals surface area contributed by atoms with Crippen molar-refractivity contribution < 1.29 is 4.39 Å². The van der Waals surface area contributed by atoms with Gasteiger partial charge >= 0.3 is 0 Å². The summed E-state index contributed by atoms with van der Waals surface area (Å²) in [6.07, 6.45) is 5.25. The number of allylic oxidation sites excluding steroid dienone is 1. The number of rotatable bonds is 6. The lowest BCUT2D eigenvalue weighted by atomic mass is 10.2. The number of benzene rings is 1. The molecule has 0 radical (unpaired) electrons. The number of halogens is 1. The smallest absolute Gasteiger partial charge is 0.192 e. The second-order valence-electron chi connectivity index (χ2n) is 4.86. The Bertz CT molecular complexity index is 801. The average molecular weight is 326 g/mol. The monoisotopic (exact) mass is 326 g/mol. The Morgan fingerprint density at radius 3 is 2.74 bits per heavy atom. The van der Waals surface area contributed by atoms with E-state index >= 15 is 0 Å². The summed E-state index contributed by atoms with van der Waals surface area (Å²) in [5, 5.41) is 9.32. The Hall–Kier alpha value is -2.47. The fourth-order valence-electron chi connectivity index (χ4n) is 2.18. The zero-order valence-corrected chi connectivity index (χ0v) is 13.2. The predicted octanol–water partition coefficient (Wildman–Crippen LogP) is 3.96. The molecule has 0 saturated heterocycles. The third-order valence-electron chi connectivity index (χ3n) is 3.22. The van der Waals surface area contributed by atoms with Gasteiger partial charge in [-0.25, -0.2) is 4.39 Å². The highest BCUT2D eigenvalue weighted by Crippen LogP contribution is 2.26. The Kier molecular flexibility index (Phi) is 4.83. The SMILES string of the molecule is C=CCn1c(SCc2cccc(F)c2)nnc1-c1ccncc1. The maximum Gasteiger partial charge on any atom is 0.192 e. The highest BCUT2D eigenvalue weighted by Gasteiger charge is 2.13. The summed E-state index contributed by atoms with van der Waals surface area (Å²) in [6, 6.07) is 10.4. The molecule has 2 heterocycles. The molecular formula is C17H15FN4S. The van der Waals surface area contributed by atoms with Crippen LogP contribution in [0, 0.1) is 5.82 Å². The Balaban J connectivity index is 1.85. The number of thioether (sulfide) groups is 1. The van der Waals surface area contributed by atoms with Crippen molar-refractivity contribution in [1.29, 1.82) is 0 Å². The van der Waals surface area contributed by atoms with Crippen LogP contribution in [0.5, 0.6) is 0 Å². The van der Waals surface area contributed by atoms with Gasteiger partial charge in [-0.15, -0.1) is 16.8 Å². The maximum absolute atomic E-state index is 13.3. The van der Waals surface area contributed by atoms with Gasteiger partial charge in [-0.05, 0) is 29.8 Å². The average Bonchev–Trinajstić information content (AvgIpc) is 2.97. The van der Waals surface area contributed by atoms with Crippen LogP contribution in [0.2, 0.25) is 0 Å². The van der Waals surface area contributed by atoms with E-state index in [1.807, 2.05) is 22.8 Å². The van der Waals surface area contributed by atoms with Gasteiger partial charge in [-0.1, -0.05) is 30.0 Å². The fourth-order valence-corrected chi connectivity index (χ4v) is 3.07. The van der Waals surface area contributed by atoms with Gasteiger partial charge in [0.15, 0.2) is 11.0 Å². The van der Waals surface area contributed by atoms with E-state index in [0.717, 1.165) is 22.1 Å². The van der Waals surface area contributed by atoms with Crippen LogP contribution in [0.1, 0.15) is 5.56 Å². The van der Waals surface area contributed by atoms with Gasteiger partial charge in [0, 0.05) is 30.3 Å². The van der Waals surface area contributed by atoms with Gasteiger partial charge in [0.05, 0.1) is 0 Å². The molecular weight excluding hydrogens is 311 g/mol. The van der Waals surface area contributed by atoms with Crippen molar-refractivity contribution in [2.45, 2.75) is 17.5 Å². The molecule has 0 saturated carbocycles. The Labute approximate surface area is 138 Å². The minimum Gasteiger partial charge on any atom is -0.298 e. The lowest BCUT2D eigenvalue weighted by Crippen LogP contribution is -2.00. The molecule has 2 aromatic heterocycles. The molecule has 0 unspecified atom stereocenters. The van der Waals surface area contributed by atoms with Crippen LogP contribution in [-0.2, 0) is 12.3 Å². The van der Waals surface area contributed by atoms with Gasteiger partial charge in [0.1, 0.15) is 5.82 Å². The summed E-state index contributed by atoms with van der Waals surface area (Å²) < 4.78 is 15.2. The zero-order valence-electron chi connectivity index (χ0n) is 12.4. The largest absolute Gasteiger partial charge is 0.298 e. The summed E-state index contributed by atoms with van der Waals surface area (Å²) in [5.74, 6) is 1.17. The summed E-state index contributed by atoms with van der Waals surface area (Å²) in [5.41, 5.74) is 1.86. The summed E-state index contributed by atoms with van der Waals surface area (Å²) in [6.45, 7) is 4.40. The first kappa shape index (κ1) is 15.4. The third-order valence-corrected chi connectivity index (χ3v) is 4.26. The molecule has 3 aromatic rings. The van der Waals surface area contributed by atoms with Gasteiger partial charge in [-0.2, -0.15) is 0 Å². The second kappa shape index (κ2) is 7.19. The molecule has 1 aromatic carbocycles. The van der Waals surface area contributed by atoms with Crippen LogP contribution in [-0.4, -0.2) is 19.7 Å².